The minimum Gasteiger partial charge on any atom is -0.350 e. The predicted octanol–water partition coefficient (Wildman–Crippen LogP) is 0.679. The van der Waals surface area contributed by atoms with Crippen LogP contribution in [0.5, 0.6) is 0 Å². The summed E-state index contributed by atoms with van der Waals surface area (Å²) in [5.74, 6) is -0.127. The maximum absolute atomic E-state index is 13.1. The second kappa shape index (κ2) is 7.87. The fourth-order valence-electron chi connectivity index (χ4n) is 3.68. The largest absolute Gasteiger partial charge is 0.350 e. The Morgan fingerprint density at radius 2 is 2.22 bits per heavy atom. The number of pyridine rings is 1. The Balaban J connectivity index is 1.47. The minimum atomic E-state index is -0.577. The van der Waals surface area contributed by atoms with Crippen molar-refractivity contribution in [1.82, 2.24) is 25.7 Å². The number of aryl methyl sites for hydroxylation is 1. The first-order valence-corrected chi connectivity index (χ1v) is 9.40. The fraction of sp³-hybridized carbons (Fsp3) is 0.474. The van der Waals surface area contributed by atoms with Crippen molar-refractivity contribution >= 4 is 11.8 Å². The van der Waals surface area contributed by atoms with Crippen molar-refractivity contribution in [3.05, 3.63) is 47.1 Å². The van der Waals surface area contributed by atoms with Gasteiger partial charge in [-0.2, -0.15) is 0 Å². The van der Waals surface area contributed by atoms with E-state index in [0.717, 1.165) is 42.5 Å². The second-order valence-electron chi connectivity index (χ2n) is 6.94. The Bertz CT molecular complexity index is 820. The van der Waals surface area contributed by atoms with E-state index in [4.69, 9.17) is 4.52 Å². The zero-order valence-electron chi connectivity index (χ0n) is 15.1. The van der Waals surface area contributed by atoms with Crippen LogP contribution in [0.1, 0.15) is 40.2 Å². The molecule has 1 saturated heterocycles. The Morgan fingerprint density at radius 1 is 1.33 bits per heavy atom. The van der Waals surface area contributed by atoms with Crippen LogP contribution in [0.4, 0.5) is 0 Å². The van der Waals surface area contributed by atoms with E-state index in [1.54, 1.807) is 17.3 Å². The lowest BCUT2D eigenvalue weighted by atomic mass is 9.95. The molecule has 2 aromatic heterocycles. The van der Waals surface area contributed by atoms with Crippen molar-refractivity contribution in [2.45, 2.75) is 38.3 Å². The number of piperazine rings is 1. The van der Waals surface area contributed by atoms with Crippen LogP contribution >= 0.6 is 0 Å². The van der Waals surface area contributed by atoms with Gasteiger partial charge in [0, 0.05) is 44.1 Å². The van der Waals surface area contributed by atoms with Gasteiger partial charge in [0.2, 0.25) is 11.7 Å². The Morgan fingerprint density at radius 3 is 3.07 bits per heavy atom. The molecule has 1 atom stereocenters. The van der Waals surface area contributed by atoms with Crippen molar-refractivity contribution in [2.75, 3.05) is 19.6 Å². The number of carbonyl (C=O) groups is 2. The third kappa shape index (κ3) is 3.71. The first-order chi connectivity index (χ1) is 13.2. The van der Waals surface area contributed by atoms with Crippen LogP contribution in [0.25, 0.3) is 0 Å². The number of carbonyl (C=O) groups excluding carboxylic acids is 2. The molecule has 2 amide bonds. The quantitative estimate of drug-likeness (QED) is 0.822. The predicted molar refractivity (Wildman–Crippen MR) is 96.9 cm³/mol. The molecule has 0 radical (unpaired) electrons. The molecule has 1 aliphatic heterocycles. The van der Waals surface area contributed by atoms with Crippen LogP contribution in [-0.4, -0.2) is 52.5 Å². The zero-order chi connectivity index (χ0) is 18.6. The number of rotatable bonds is 4. The van der Waals surface area contributed by atoms with Crippen LogP contribution in [0.15, 0.2) is 29.0 Å². The first kappa shape index (κ1) is 17.7. The van der Waals surface area contributed by atoms with E-state index in [0.29, 0.717) is 31.9 Å². The summed E-state index contributed by atoms with van der Waals surface area (Å²) in [7, 11) is 0. The number of nitrogens with one attached hydrogen (secondary N) is 2. The highest BCUT2D eigenvalue weighted by atomic mass is 16.5. The first-order valence-electron chi connectivity index (χ1n) is 9.40. The number of hydrogen-bond acceptors (Lipinski definition) is 6. The van der Waals surface area contributed by atoms with Gasteiger partial charge in [0.15, 0.2) is 0 Å². The molecule has 4 rings (SSSR count). The van der Waals surface area contributed by atoms with E-state index in [-0.39, 0.29) is 11.8 Å². The lowest BCUT2D eigenvalue weighted by Crippen LogP contribution is -2.59. The second-order valence-corrected chi connectivity index (χ2v) is 6.94. The van der Waals surface area contributed by atoms with Gasteiger partial charge < -0.3 is 20.1 Å². The molecular weight excluding hydrogens is 346 g/mol. The van der Waals surface area contributed by atoms with Gasteiger partial charge in [-0.3, -0.25) is 14.6 Å². The van der Waals surface area contributed by atoms with Crippen molar-refractivity contribution in [3.8, 4) is 0 Å². The van der Waals surface area contributed by atoms with Crippen LogP contribution in [0.2, 0.25) is 0 Å². The van der Waals surface area contributed by atoms with Gasteiger partial charge in [-0.15, -0.1) is 0 Å². The highest BCUT2D eigenvalue weighted by molar-refractivity contribution is 5.97. The molecule has 2 aliphatic rings. The Kier molecular flexibility index (Phi) is 5.15. The average Bonchev–Trinajstić information content (AvgIpc) is 3.16. The van der Waals surface area contributed by atoms with Crippen molar-refractivity contribution in [2.24, 2.45) is 0 Å². The van der Waals surface area contributed by atoms with Crippen molar-refractivity contribution in [1.29, 1.82) is 0 Å². The van der Waals surface area contributed by atoms with Crippen LogP contribution < -0.4 is 10.6 Å². The number of hydrogen-bond donors (Lipinski definition) is 2. The summed E-state index contributed by atoms with van der Waals surface area (Å²) in [4.78, 5) is 31.5. The molecule has 0 bridgehead atoms. The molecule has 2 aromatic rings. The summed E-state index contributed by atoms with van der Waals surface area (Å²) in [5.41, 5.74) is 2.72. The molecule has 3 heterocycles. The van der Waals surface area contributed by atoms with Gasteiger partial charge in [0.1, 0.15) is 6.04 Å². The topological polar surface area (TPSA) is 100 Å². The molecule has 8 nitrogen and oxygen atoms in total. The smallest absolute Gasteiger partial charge is 0.293 e. The minimum absolute atomic E-state index is 0.187. The molecule has 0 aromatic carbocycles. The molecular formula is C19H23N5O3. The Hall–Kier alpha value is -2.74. The number of nitrogens with zero attached hydrogens (tertiary/aromatic N) is 3. The monoisotopic (exact) mass is 369 g/mol. The van der Waals surface area contributed by atoms with E-state index in [1.165, 1.54) is 0 Å². The summed E-state index contributed by atoms with van der Waals surface area (Å²) < 4.78 is 5.39. The lowest BCUT2D eigenvalue weighted by molar-refractivity contribution is -0.126. The van der Waals surface area contributed by atoms with Gasteiger partial charge >= 0.3 is 0 Å². The van der Waals surface area contributed by atoms with Crippen molar-refractivity contribution in [3.63, 3.8) is 0 Å². The molecule has 27 heavy (non-hydrogen) atoms. The summed E-state index contributed by atoms with van der Waals surface area (Å²) >= 11 is 0. The molecule has 1 fully saturated rings. The van der Waals surface area contributed by atoms with Gasteiger partial charge in [-0.05, 0) is 37.3 Å². The van der Waals surface area contributed by atoms with E-state index in [9.17, 15) is 9.59 Å². The van der Waals surface area contributed by atoms with Crippen LogP contribution in [0.3, 0.4) is 0 Å². The SMILES string of the molecule is O=C(NCc1cccnc1)[C@@H]1CNCCN1C(=O)c1onc2c1CCCC2. The van der Waals surface area contributed by atoms with E-state index < -0.39 is 6.04 Å². The highest BCUT2D eigenvalue weighted by Crippen LogP contribution is 2.25. The van der Waals surface area contributed by atoms with Gasteiger partial charge in [0.25, 0.3) is 5.91 Å². The molecule has 0 unspecified atom stereocenters. The zero-order valence-corrected chi connectivity index (χ0v) is 15.1. The van der Waals surface area contributed by atoms with E-state index in [1.807, 2.05) is 12.1 Å². The molecule has 0 saturated carbocycles. The van der Waals surface area contributed by atoms with Gasteiger partial charge in [-0.25, -0.2) is 0 Å². The molecule has 142 valence electrons. The normalized spacial score (nSPS) is 19.4. The Labute approximate surface area is 157 Å². The fourth-order valence-corrected chi connectivity index (χ4v) is 3.68. The highest BCUT2D eigenvalue weighted by Gasteiger charge is 2.36. The van der Waals surface area contributed by atoms with Crippen molar-refractivity contribution < 1.29 is 14.1 Å². The van der Waals surface area contributed by atoms with Gasteiger partial charge in [0.05, 0.1) is 5.69 Å². The molecule has 2 N–H and O–H groups in total. The maximum atomic E-state index is 13.1. The summed E-state index contributed by atoms with van der Waals surface area (Å²) in [5, 5.41) is 10.2. The van der Waals surface area contributed by atoms with Gasteiger partial charge in [-0.1, -0.05) is 11.2 Å². The lowest BCUT2D eigenvalue weighted by Gasteiger charge is -2.34. The third-order valence-electron chi connectivity index (χ3n) is 5.15. The van der Waals surface area contributed by atoms with E-state index in [2.05, 4.69) is 20.8 Å². The summed E-state index contributed by atoms with van der Waals surface area (Å²) in [6.07, 6.45) is 7.16. The summed E-state index contributed by atoms with van der Waals surface area (Å²) in [6, 6.07) is 3.15. The average molecular weight is 369 g/mol. The molecule has 1 aliphatic carbocycles. The number of aromatic nitrogens is 2. The number of amides is 2. The maximum Gasteiger partial charge on any atom is 0.293 e. The number of fused-ring (bicyclic) bond motifs is 1. The van der Waals surface area contributed by atoms with E-state index >= 15 is 0 Å². The van der Waals surface area contributed by atoms with Crippen LogP contribution in [-0.2, 0) is 24.2 Å². The van der Waals surface area contributed by atoms with Crippen LogP contribution in [0, 0.1) is 0 Å². The standard InChI is InChI=1S/C19H23N5O3/c25-18(22-11-13-4-3-7-20-10-13)16-12-21-8-9-24(16)19(26)17-14-5-1-2-6-15(14)23-27-17/h3-4,7,10,16,21H,1-2,5-6,8-9,11-12H2,(H,22,25)/t16-/m0/s1. The summed E-state index contributed by atoms with van der Waals surface area (Å²) in [6.45, 7) is 1.90. The third-order valence-corrected chi connectivity index (χ3v) is 5.15. The molecule has 8 heteroatoms. The molecule has 0 spiro atoms.